The van der Waals surface area contributed by atoms with Gasteiger partial charge in [0.15, 0.2) is 0 Å². The molecule has 8 aromatic rings. The van der Waals surface area contributed by atoms with Crippen molar-refractivity contribution in [2.75, 3.05) is 4.90 Å². The van der Waals surface area contributed by atoms with Gasteiger partial charge in [0.2, 0.25) is 0 Å². The highest BCUT2D eigenvalue weighted by Crippen LogP contribution is 2.55. The van der Waals surface area contributed by atoms with E-state index in [1.165, 1.54) is 93.9 Å². The molecule has 312 valence electrons. The number of nitrogens with zero attached hydrogens (tertiary/aromatic N) is 2. The maximum Gasteiger partial charge on any atom is 0.137 e. The van der Waals surface area contributed by atoms with E-state index < -0.39 is 0 Å². The Morgan fingerprint density at radius 2 is 1.49 bits per heavy atom. The Bertz CT molecular complexity index is 3520. The highest BCUT2D eigenvalue weighted by molar-refractivity contribution is 8.00. The number of aromatic nitrogens is 1. The first-order valence-corrected chi connectivity index (χ1v) is 24.2. The molecule has 0 bridgehead atoms. The summed E-state index contributed by atoms with van der Waals surface area (Å²) in [5, 5.41) is 4.09. The number of anilines is 2. The normalized spacial score (nSPS) is 25.4. The minimum atomic E-state index is 0.0922. The molecule has 3 aliphatic heterocycles. The van der Waals surface area contributed by atoms with Crippen molar-refractivity contribution in [2.45, 2.75) is 59.5 Å². The van der Waals surface area contributed by atoms with Crippen LogP contribution in [0.3, 0.4) is 0 Å². The second-order valence-electron chi connectivity index (χ2n) is 18.9. The molecule has 4 nitrogen and oxygen atoms in total. The standard InChI is InChI=1S/C60H44N2O2S/c1-2-11-38(12-3-1)61-51-27-23-36(29-45(51)47-31-49-41-13-4-7-18-55(41)63-57(49)33-53(47)61)37-24-28-52-46(30-37)48-32-50-42-14-5-8-19-56(42)64-58(50)34-54(48)62(52)39-25-21-35(22-26-39)40-16-10-17-44-43-15-6-9-20-59(43)65-60(40)44/h1-23,25-27,29-32,34,37,41,44,52,55,57,60H,24,28,33H2. The number of hydrogen-bond acceptors (Lipinski definition) is 4. The molecule has 0 spiro atoms. The summed E-state index contributed by atoms with van der Waals surface area (Å²) in [5.74, 6) is 1.00. The fourth-order valence-corrected chi connectivity index (χ4v) is 14.1. The Hall–Kier alpha value is -6.79. The lowest BCUT2D eigenvalue weighted by atomic mass is 9.81. The van der Waals surface area contributed by atoms with Crippen LogP contribution >= 0.6 is 11.8 Å². The molecule has 65 heavy (non-hydrogen) atoms. The third kappa shape index (κ3) is 5.37. The van der Waals surface area contributed by atoms with Gasteiger partial charge in [-0.05, 0) is 101 Å². The average Bonchev–Trinajstić information content (AvgIpc) is 4.17. The van der Waals surface area contributed by atoms with Gasteiger partial charge in [-0.2, -0.15) is 0 Å². The van der Waals surface area contributed by atoms with E-state index in [1.807, 2.05) is 11.8 Å². The number of ether oxygens (including phenoxy) is 1. The summed E-state index contributed by atoms with van der Waals surface area (Å²) in [4.78, 5) is 4.02. The number of hydrogen-bond donors (Lipinski definition) is 0. The van der Waals surface area contributed by atoms with Gasteiger partial charge in [0.25, 0.3) is 0 Å². The maximum absolute atomic E-state index is 6.70. The SMILES string of the molecule is C1=CC2OC3Cc4c(c5cc(C6C=C7c8cc9c(cc8N(c8ccc(C%10=CC=CC%11c%12ccccc%12SC%10%11)cc8)C7CC6)oc6ccccc69)ccc5n4-c4ccccc4)C=C3C2C=C1. The molecule has 7 atom stereocenters. The molecule has 5 heterocycles. The van der Waals surface area contributed by atoms with Crippen LogP contribution < -0.4 is 4.90 Å². The number of furan rings is 1. The average molecular weight is 857 g/mol. The van der Waals surface area contributed by atoms with E-state index in [9.17, 15) is 0 Å². The molecule has 4 aliphatic carbocycles. The number of fused-ring (bicyclic) bond motifs is 15. The number of thioether (sulfide) groups is 1. The van der Waals surface area contributed by atoms with Crippen molar-refractivity contribution in [3.63, 3.8) is 0 Å². The molecular formula is C60H44N2O2S. The number of para-hydroxylation sites is 2. The van der Waals surface area contributed by atoms with E-state index in [-0.39, 0.29) is 24.2 Å². The van der Waals surface area contributed by atoms with Crippen LogP contribution in [0.25, 0.3) is 55.8 Å². The zero-order valence-corrected chi connectivity index (χ0v) is 36.5. The van der Waals surface area contributed by atoms with E-state index in [0.29, 0.717) is 17.1 Å². The van der Waals surface area contributed by atoms with Gasteiger partial charge in [-0.15, -0.1) is 11.8 Å². The zero-order chi connectivity index (χ0) is 42.3. The second kappa shape index (κ2) is 13.9. The van der Waals surface area contributed by atoms with Crippen LogP contribution in [-0.2, 0) is 11.2 Å². The summed E-state index contributed by atoms with van der Waals surface area (Å²) in [6.45, 7) is 0. The fourth-order valence-electron chi connectivity index (χ4n) is 12.6. The molecule has 1 fully saturated rings. The van der Waals surface area contributed by atoms with Gasteiger partial charge in [0.05, 0.1) is 29.5 Å². The maximum atomic E-state index is 6.70. The fraction of sp³-hybridized carbons (Fsp3) is 0.167. The smallest absolute Gasteiger partial charge is 0.137 e. The third-order valence-corrected chi connectivity index (χ3v) is 17.0. The van der Waals surface area contributed by atoms with Gasteiger partial charge >= 0.3 is 0 Å². The highest BCUT2D eigenvalue weighted by atomic mass is 32.2. The molecule has 6 aromatic carbocycles. The lowest BCUT2D eigenvalue weighted by Gasteiger charge is -2.33. The Morgan fingerprint density at radius 3 is 2.43 bits per heavy atom. The Morgan fingerprint density at radius 1 is 0.646 bits per heavy atom. The van der Waals surface area contributed by atoms with Crippen molar-refractivity contribution in [1.82, 2.24) is 4.57 Å². The van der Waals surface area contributed by atoms with Crippen molar-refractivity contribution in [3.05, 3.63) is 221 Å². The van der Waals surface area contributed by atoms with Crippen LogP contribution in [0.5, 0.6) is 0 Å². The molecule has 7 unspecified atom stereocenters. The summed E-state index contributed by atoms with van der Waals surface area (Å²) in [7, 11) is 0. The van der Waals surface area contributed by atoms with Crippen molar-refractivity contribution in [1.29, 1.82) is 0 Å². The van der Waals surface area contributed by atoms with Crippen LogP contribution in [0.2, 0.25) is 0 Å². The van der Waals surface area contributed by atoms with E-state index in [4.69, 9.17) is 9.15 Å². The van der Waals surface area contributed by atoms with Crippen LogP contribution in [0.15, 0.2) is 197 Å². The first kappa shape index (κ1) is 36.5. The zero-order valence-electron chi connectivity index (χ0n) is 35.7. The Kier molecular flexibility index (Phi) is 7.79. The summed E-state index contributed by atoms with van der Waals surface area (Å²) in [6, 6.07) is 50.1. The molecule has 5 heteroatoms. The molecule has 7 aliphatic rings. The summed E-state index contributed by atoms with van der Waals surface area (Å²) in [6.07, 6.45) is 24.2. The minimum absolute atomic E-state index is 0.0922. The van der Waals surface area contributed by atoms with Crippen LogP contribution in [0.4, 0.5) is 11.4 Å². The Balaban J connectivity index is 0.835. The molecule has 1 saturated heterocycles. The molecule has 0 saturated carbocycles. The number of benzene rings is 6. The summed E-state index contributed by atoms with van der Waals surface area (Å²) in [5.41, 5.74) is 19.2. The van der Waals surface area contributed by atoms with Crippen molar-refractivity contribution < 1.29 is 9.15 Å². The van der Waals surface area contributed by atoms with Gasteiger partial charge in [0, 0.05) is 84.7 Å². The predicted molar refractivity (Wildman–Crippen MR) is 267 cm³/mol. The molecule has 2 aromatic heterocycles. The van der Waals surface area contributed by atoms with Crippen molar-refractivity contribution in [3.8, 4) is 5.69 Å². The van der Waals surface area contributed by atoms with Gasteiger partial charge in [0.1, 0.15) is 11.2 Å². The van der Waals surface area contributed by atoms with E-state index in [0.717, 1.165) is 30.4 Å². The molecule has 0 radical (unpaired) electrons. The third-order valence-electron chi connectivity index (χ3n) is 15.5. The monoisotopic (exact) mass is 856 g/mol. The van der Waals surface area contributed by atoms with Gasteiger partial charge in [-0.3, -0.25) is 0 Å². The molecular weight excluding hydrogens is 813 g/mol. The molecule has 0 N–H and O–H groups in total. The lowest BCUT2D eigenvalue weighted by molar-refractivity contribution is 0.0718. The second-order valence-corrected chi connectivity index (χ2v) is 20.0. The minimum Gasteiger partial charge on any atom is -0.456 e. The number of rotatable bonds is 4. The topological polar surface area (TPSA) is 30.5 Å². The first-order chi connectivity index (χ1) is 32.2. The van der Waals surface area contributed by atoms with E-state index in [2.05, 4.69) is 198 Å². The van der Waals surface area contributed by atoms with E-state index >= 15 is 0 Å². The van der Waals surface area contributed by atoms with Crippen molar-refractivity contribution in [2.24, 2.45) is 5.92 Å². The van der Waals surface area contributed by atoms with E-state index in [1.54, 1.807) is 0 Å². The quantitative estimate of drug-likeness (QED) is 0.176. The predicted octanol–water partition coefficient (Wildman–Crippen LogP) is 14.7. The van der Waals surface area contributed by atoms with Gasteiger partial charge in [-0.25, -0.2) is 0 Å². The molecule has 15 rings (SSSR count). The number of allylic oxidation sites excluding steroid dienone is 6. The summed E-state index contributed by atoms with van der Waals surface area (Å²) < 4.78 is 15.8. The van der Waals surface area contributed by atoms with Gasteiger partial charge in [-0.1, -0.05) is 127 Å². The lowest BCUT2D eigenvalue weighted by Crippen LogP contribution is -2.29. The van der Waals surface area contributed by atoms with Crippen LogP contribution in [0, 0.1) is 5.92 Å². The van der Waals surface area contributed by atoms with Crippen LogP contribution in [0.1, 0.15) is 58.2 Å². The first-order valence-electron chi connectivity index (χ1n) is 23.4. The summed E-state index contributed by atoms with van der Waals surface area (Å²) >= 11 is 2.01. The van der Waals surface area contributed by atoms with Crippen molar-refractivity contribution >= 4 is 73.2 Å². The van der Waals surface area contributed by atoms with Gasteiger partial charge < -0.3 is 18.6 Å². The largest absolute Gasteiger partial charge is 0.456 e. The van der Waals surface area contributed by atoms with Crippen LogP contribution in [-0.4, -0.2) is 28.1 Å². The molecule has 0 amide bonds. The Labute approximate surface area is 382 Å². The highest BCUT2D eigenvalue weighted by Gasteiger charge is 2.43.